The van der Waals surface area contributed by atoms with E-state index in [1.54, 1.807) is 24.5 Å². The molecule has 0 saturated heterocycles. The number of aromatic nitrogens is 2. The molecule has 2 nitrogen and oxygen atoms in total. The van der Waals surface area contributed by atoms with Gasteiger partial charge in [-0.25, -0.2) is 4.39 Å². The van der Waals surface area contributed by atoms with Gasteiger partial charge in [-0.3, -0.25) is 5.10 Å². The Labute approximate surface area is 81.1 Å². The first-order valence-corrected chi connectivity index (χ1v) is 4.27. The first kappa shape index (κ1) is 8.69. The lowest BCUT2D eigenvalue weighted by Gasteiger charge is -1.91. The molecule has 0 unspecified atom stereocenters. The van der Waals surface area contributed by atoms with Gasteiger partial charge in [-0.15, -0.1) is 0 Å². The lowest BCUT2D eigenvalue weighted by atomic mass is 10.2. The molecule has 1 N–H and O–H groups in total. The molecular formula is C11H9FN2. The number of hydrogen-bond donors (Lipinski definition) is 1. The molecular weight excluding hydrogens is 179 g/mol. The van der Waals surface area contributed by atoms with E-state index in [0.29, 0.717) is 0 Å². The van der Waals surface area contributed by atoms with Crippen LogP contribution in [0.2, 0.25) is 0 Å². The lowest BCUT2D eigenvalue weighted by Crippen LogP contribution is -1.73. The maximum Gasteiger partial charge on any atom is 0.123 e. The zero-order chi connectivity index (χ0) is 9.80. The van der Waals surface area contributed by atoms with Crippen LogP contribution < -0.4 is 0 Å². The van der Waals surface area contributed by atoms with Crippen LogP contribution in [0.1, 0.15) is 11.1 Å². The largest absolute Gasteiger partial charge is 0.285 e. The topological polar surface area (TPSA) is 28.7 Å². The van der Waals surface area contributed by atoms with E-state index in [-0.39, 0.29) is 5.82 Å². The summed E-state index contributed by atoms with van der Waals surface area (Å²) in [6.45, 7) is 0. The predicted molar refractivity (Wildman–Crippen MR) is 53.9 cm³/mol. The minimum absolute atomic E-state index is 0.217. The minimum atomic E-state index is -0.217. The molecule has 0 fully saturated rings. The molecule has 2 aromatic rings. The van der Waals surface area contributed by atoms with Crippen LogP contribution in [0.3, 0.4) is 0 Å². The monoisotopic (exact) mass is 188 g/mol. The highest BCUT2D eigenvalue weighted by Crippen LogP contribution is 2.07. The van der Waals surface area contributed by atoms with Crippen molar-refractivity contribution in [2.24, 2.45) is 0 Å². The summed E-state index contributed by atoms with van der Waals surface area (Å²) in [5.41, 5.74) is 1.96. The Bertz CT molecular complexity index is 415. The van der Waals surface area contributed by atoms with Gasteiger partial charge in [0.25, 0.3) is 0 Å². The highest BCUT2D eigenvalue weighted by molar-refractivity contribution is 5.68. The molecule has 2 rings (SSSR count). The number of H-pyrrole nitrogens is 1. The Hall–Kier alpha value is -1.90. The number of nitrogens with zero attached hydrogens (tertiary/aromatic N) is 1. The smallest absolute Gasteiger partial charge is 0.123 e. The van der Waals surface area contributed by atoms with Gasteiger partial charge in [-0.2, -0.15) is 5.10 Å². The average Bonchev–Trinajstić information content (AvgIpc) is 2.70. The molecule has 14 heavy (non-hydrogen) atoms. The molecule has 1 aromatic heterocycles. The van der Waals surface area contributed by atoms with Crippen LogP contribution in [-0.2, 0) is 0 Å². The van der Waals surface area contributed by atoms with Crippen molar-refractivity contribution in [3.63, 3.8) is 0 Å². The quantitative estimate of drug-likeness (QED) is 0.771. The van der Waals surface area contributed by atoms with E-state index in [9.17, 15) is 4.39 Å². The number of rotatable bonds is 2. The Balaban J connectivity index is 2.15. The third-order valence-corrected chi connectivity index (χ3v) is 1.86. The van der Waals surface area contributed by atoms with Crippen molar-refractivity contribution in [2.45, 2.75) is 0 Å². The van der Waals surface area contributed by atoms with Crippen LogP contribution in [0.5, 0.6) is 0 Å². The number of halogens is 1. The fourth-order valence-electron chi connectivity index (χ4n) is 1.12. The van der Waals surface area contributed by atoms with Gasteiger partial charge in [0, 0.05) is 11.8 Å². The molecule has 70 valence electrons. The number of nitrogens with one attached hydrogen (secondary N) is 1. The highest BCUT2D eigenvalue weighted by Gasteiger charge is 1.89. The maximum atomic E-state index is 12.6. The van der Waals surface area contributed by atoms with E-state index in [1.807, 2.05) is 12.2 Å². The van der Waals surface area contributed by atoms with Crippen molar-refractivity contribution < 1.29 is 4.39 Å². The van der Waals surface area contributed by atoms with Crippen LogP contribution >= 0.6 is 0 Å². The van der Waals surface area contributed by atoms with Gasteiger partial charge in [-0.05, 0) is 17.7 Å². The van der Waals surface area contributed by atoms with Gasteiger partial charge in [-0.1, -0.05) is 24.3 Å². The summed E-state index contributed by atoms with van der Waals surface area (Å²) in [5, 5.41) is 6.53. The SMILES string of the molecule is Fc1ccc(/C=C/c2cn[nH]c2)cc1. The third-order valence-electron chi connectivity index (χ3n) is 1.86. The normalized spacial score (nSPS) is 10.9. The van der Waals surface area contributed by atoms with Gasteiger partial charge >= 0.3 is 0 Å². The second-order valence-corrected chi connectivity index (χ2v) is 2.92. The minimum Gasteiger partial charge on any atom is -0.285 e. The van der Waals surface area contributed by atoms with Gasteiger partial charge in [0.2, 0.25) is 0 Å². The summed E-state index contributed by atoms with van der Waals surface area (Å²) in [4.78, 5) is 0. The number of benzene rings is 1. The number of aromatic amines is 1. The van der Waals surface area contributed by atoms with E-state index >= 15 is 0 Å². The summed E-state index contributed by atoms with van der Waals surface area (Å²) < 4.78 is 12.6. The van der Waals surface area contributed by atoms with Crippen LogP contribution in [0, 0.1) is 5.82 Å². The first-order valence-electron chi connectivity index (χ1n) is 4.27. The van der Waals surface area contributed by atoms with Crippen molar-refractivity contribution in [3.8, 4) is 0 Å². The molecule has 0 aliphatic heterocycles. The van der Waals surface area contributed by atoms with Crippen LogP contribution in [-0.4, -0.2) is 10.2 Å². The van der Waals surface area contributed by atoms with Crippen molar-refractivity contribution in [1.29, 1.82) is 0 Å². The first-order chi connectivity index (χ1) is 6.84. The Kier molecular flexibility index (Phi) is 2.40. The van der Waals surface area contributed by atoms with Gasteiger partial charge in [0.1, 0.15) is 5.82 Å². The number of hydrogen-bond acceptors (Lipinski definition) is 1. The molecule has 0 spiro atoms. The highest BCUT2D eigenvalue weighted by atomic mass is 19.1. The van der Waals surface area contributed by atoms with Crippen molar-refractivity contribution >= 4 is 12.2 Å². The van der Waals surface area contributed by atoms with E-state index in [1.165, 1.54) is 12.1 Å². The fourth-order valence-corrected chi connectivity index (χ4v) is 1.12. The second-order valence-electron chi connectivity index (χ2n) is 2.92. The van der Waals surface area contributed by atoms with E-state index in [0.717, 1.165) is 11.1 Å². The summed E-state index contributed by atoms with van der Waals surface area (Å²) in [6.07, 6.45) is 7.33. The van der Waals surface area contributed by atoms with Crippen molar-refractivity contribution in [2.75, 3.05) is 0 Å². The molecule has 0 radical (unpaired) electrons. The zero-order valence-electron chi connectivity index (χ0n) is 7.44. The van der Waals surface area contributed by atoms with Crippen molar-refractivity contribution in [3.05, 3.63) is 53.6 Å². The van der Waals surface area contributed by atoms with Gasteiger partial charge < -0.3 is 0 Å². The maximum absolute atomic E-state index is 12.6. The molecule has 0 saturated carbocycles. The molecule has 0 bridgehead atoms. The molecule has 0 atom stereocenters. The van der Waals surface area contributed by atoms with Gasteiger partial charge in [0.05, 0.1) is 6.20 Å². The Morgan fingerprint density at radius 1 is 1.07 bits per heavy atom. The molecule has 0 aliphatic rings. The van der Waals surface area contributed by atoms with Crippen molar-refractivity contribution in [1.82, 2.24) is 10.2 Å². The Morgan fingerprint density at radius 2 is 1.79 bits per heavy atom. The zero-order valence-corrected chi connectivity index (χ0v) is 7.44. The molecule has 3 heteroatoms. The average molecular weight is 188 g/mol. The summed E-state index contributed by atoms with van der Waals surface area (Å²) in [5.74, 6) is -0.217. The van der Waals surface area contributed by atoms with E-state index < -0.39 is 0 Å². The molecule has 1 aromatic carbocycles. The van der Waals surface area contributed by atoms with Crippen LogP contribution in [0.15, 0.2) is 36.7 Å². The predicted octanol–water partition coefficient (Wildman–Crippen LogP) is 2.72. The molecule has 0 aliphatic carbocycles. The van der Waals surface area contributed by atoms with Crippen LogP contribution in [0.4, 0.5) is 4.39 Å². The standard InChI is InChI=1S/C11H9FN2/c12-11-5-3-9(4-6-11)1-2-10-7-13-14-8-10/h1-8H,(H,13,14)/b2-1+. The third kappa shape index (κ3) is 2.07. The summed E-state index contributed by atoms with van der Waals surface area (Å²) in [7, 11) is 0. The molecule has 0 amide bonds. The second kappa shape index (κ2) is 3.87. The lowest BCUT2D eigenvalue weighted by molar-refractivity contribution is 0.628. The fraction of sp³-hybridized carbons (Fsp3) is 0. The van der Waals surface area contributed by atoms with E-state index in [2.05, 4.69) is 10.2 Å². The van der Waals surface area contributed by atoms with Gasteiger partial charge in [0.15, 0.2) is 0 Å². The summed E-state index contributed by atoms with van der Waals surface area (Å²) in [6, 6.07) is 6.34. The van der Waals surface area contributed by atoms with E-state index in [4.69, 9.17) is 0 Å². The molecule has 1 heterocycles. The van der Waals surface area contributed by atoms with Crippen LogP contribution in [0.25, 0.3) is 12.2 Å². The summed E-state index contributed by atoms with van der Waals surface area (Å²) >= 11 is 0. The Morgan fingerprint density at radius 3 is 2.43 bits per heavy atom.